The minimum atomic E-state index is -4.54. The molecule has 1 heterocycles. The van der Waals surface area contributed by atoms with Gasteiger partial charge in [-0.2, -0.15) is 13.2 Å². The number of hydrogen-bond acceptors (Lipinski definition) is 4. The third-order valence-electron chi connectivity index (χ3n) is 4.10. The molecule has 0 aliphatic carbocycles. The van der Waals surface area contributed by atoms with Crippen molar-refractivity contribution < 1.29 is 27.4 Å². The van der Waals surface area contributed by atoms with E-state index in [1.807, 2.05) is 0 Å². The summed E-state index contributed by atoms with van der Waals surface area (Å²) in [5, 5.41) is 0. The van der Waals surface area contributed by atoms with Crippen LogP contribution >= 0.6 is 0 Å². The Hall–Kier alpha value is -3.29. The summed E-state index contributed by atoms with van der Waals surface area (Å²) in [6.07, 6.45) is -0.409. The normalized spacial score (nSPS) is 12.4. The van der Waals surface area contributed by atoms with Crippen LogP contribution in [0, 0.1) is 0 Å². The zero-order valence-electron chi connectivity index (χ0n) is 14.9. The second kappa shape index (κ2) is 8.16. The lowest BCUT2D eigenvalue weighted by Gasteiger charge is -2.19. The maximum Gasteiger partial charge on any atom is 0.416 e. The number of aromatic nitrogens is 2. The number of alkyl halides is 3. The number of halogens is 3. The van der Waals surface area contributed by atoms with Gasteiger partial charge >= 0.3 is 12.1 Å². The second-order valence-corrected chi connectivity index (χ2v) is 6.01. The SMILES string of the molecule is COc1ccc([C@H](Cn2ccnc2)OC(=O)c2cccc(C(F)(F)F)c2)cc1. The number of ether oxygens (including phenoxy) is 2. The molecule has 146 valence electrons. The molecule has 0 amide bonds. The summed E-state index contributed by atoms with van der Waals surface area (Å²) < 4.78 is 51.1. The topological polar surface area (TPSA) is 53.4 Å². The molecule has 0 saturated heterocycles. The van der Waals surface area contributed by atoms with Crippen LogP contribution in [0.2, 0.25) is 0 Å². The lowest BCUT2D eigenvalue weighted by Crippen LogP contribution is -2.17. The number of imidazole rings is 1. The average Bonchev–Trinajstić information content (AvgIpc) is 3.20. The fraction of sp³-hybridized carbons (Fsp3) is 0.200. The highest BCUT2D eigenvalue weighted by Gasteiger charge is 2.31. The smallest absolute Gasteiger partial charge is 0.416 e. The van der Waals surface area contributed by atoms with Crippen molar-refractivity contribution >= 4 is 5.97 Å². The van der Waals surface area contributed by atoms with E-state index in [9.17, 15) is 18.0 Å². The number of rotatable bonds is 6. The Morgan fingerprint density at radius 2 is 1.93 bits per heavy atom. The molecule has 0 aliphatic heterocycles. The number of hydrogen-bond donors (Lipinski definition) is 0. The van der Waals surface area contributed by atoms with Gasteiger partial charge in [0.2, 0.25) is 0 Å². The lowest BCUT2D eigenvalue weighted by atomic mass is 10.1. The second-order valence-electron chi connectivity index (χ2n) is 6.01. The fourth-order valence-electron chi connectivity index (χ4n) is 2.64. The monoisotopic (exact) mass is 390 g/mol. The molecule has 2 aromatic carbocycles. The highest BCUT2D eigenvalue weighted by Crippen LogP contribution is 2.30. The summed E-state index contributed by atoms with van der Waals surface area (Å²) in [6.45, 7) is 0.261. The molecule has 5 nitrogen and oxygen atoms in total. The number of methoxy groups -OCH3 is 1. The van der Waals surface area contributed by atoms with E-state index in [4.69, 9.17) is 9.47 Å². The Bertz CT molecular complexity index is 923. The summed E-state index contributed by atoms with van der Waals surface area (Å²) in [5.41, 5.74) is -0.397. The van der Waals surface area contributed by atoms with Gasteiger partial charge in [0.05, 0.1) is 31.1 Å². The highest BCUT2D eigenvalue weighted by atomic mass is 19.4. The molecule has 0 saturated carbocycles. The number of esters is 1. The van der Waals surface area contributed by atoms with E-state index in [1.54, 1.807) is 47.6 Å². The summed E-state index contributed by atoms with van der Waals surface area (Å²) in [7, 11) is 1.53. The number of carbonyl (C=O) groups excluding carboxylic acids is 1. The number of benzene rings is 2. The van der Waals surface area contributed by atoms with E-state index in [2.05, 4.69) is 4.98 Å². The van der Waals surface area contributed by atoms with Gasteiger partial charge in [-0.05, 0) is 35.9 Å². The molecule has 0 N–H and O–H groups in total. The summed E-state index contributed by atoms with van der Waals surface area (Å²) in [4.78, 5) is 16.5. The van der Waals surface area contributed by atoms with Gasteiger partial charge in [0.25, 0.3) is 0 Å². The van der Waals surface area contributed by atoms with Crippen molar-refractivity contribution in [1.29, 1.82) is 0 Å². The average molecular weight is 390 g/mol. The Labute approximate surface area is 159 Å². The first-order valence-electron chi connectivity index (χ1n) is 8.35. The Balaban J connectivity index is 1.85. The van der Waals surface area contributed by atoms with Gasteiger partial charge in [-0.1, -0.05) is 18.2 Å². The minimum absolute atomic E-state index is 0.168. The molecule has 0 spiro atoms. The van der Waals surface area contributed by atoms with Crippen LogP contribution in [0.3, 0.4) is 0 Å². The van der Waals surface area contributed by atoms with Crippen LogP contribution in [0.15, 0.2) is 67.3 Å². The molecule has 0 bridgehead atoms. The van der Waals surface area contributed by atoms with Crippen molar-refractivity contribution in [1.82, 2.24) is 9.55 Å². The molecule has 3 aromatic rings. The van der Waals surface area contributed by atoms with Crippen LogP contribution in [0.1, 0.15) is 27.6 Å². The van der Waals surface area contributed by atoms with Gasteiger partial charge in [-0.3, -0.25) is 0 Å². The van der Waals surface area contributed by atoms with E-state index >= 15 is 0 Å². The number of carbonyl (C=O) groups is 1. The van der Waals surface area contributed by atoms with Crippen LogP contribution in [-0.2, 0) is 17.5 Å². The van der Waals surface area contributed by atoms with Gasteiger partial charge in [0.1, 0.15) is 11.9 Å². The van der Waals surface area contributed by atoms with E-state index in [-0.39, 0.29) is 12.1 Å². The number of nitrogens with zero attached hydrogens (tertiary/aromatic N) is 2. The molecule has 1 aromatic heterocycles. The standard InChI is InChI=1S/C20H17F3N2O3/c1-27-17-7-5-14(6-8-17)18(12-25-10-9-24-13-25)28-19(26)15-3-2-4-16(11-15)20(21,22)23/h2-11,13,18H,12H2,1H3/t18-/m0/s1. The summed E-state index contributed by atoms with van der Waals surface area (Å²) >= 11 is 0. The predicted octanol–water partition coefficient (Wildman–Crippen LogP) is 4.51. The zero-order valence-corrected chi connectivity index (χ0v) is 14.9. The van der Waals surface area contributed by atoms with Gasteiger partial charge in [0, 0.05) is 12.4 Å². The zero-order chi connectivity index (χ0) is 20.1. The molecule has 8 heteroatoms. The van der Waals surface area contributed by atoms with Crippen molar-refractivity contribution in [3.63, 3.8) is 0 Å². The fourth-order valence-corrected chi connectivity index (χ4v) is 2.64. The van der Waals surface area contributed by atoms with Crippen LogP contribution in [0.4, 0.5) is 13.2 Å². The molecule has 1 atom stereocenters. The van der Waals surface area contributed by atoms with Crippen molar-refractivity contribution in [2.24, 2.45) is 0 Å². The third kappa shape index (κ3) is 4.70. The molecule has 0 fully saturated rings. The Kier molecular flexibility index (Phi) is 5.67. The van der Waals surface area contributed by atoms with E-state index in [0.29, 0.717) is 11.3 Å². The van der Waals surface area contributed by atoms with Crippen molar-refractivity contribution in [2.45, 2.75) is 18.8 Å². The van der Waals surface area contributed by atoms with Crippen molar-refractivity contribution in [3.05, 3.63) is 83.9 Å². The first kappa shape index (κ1) is 19.5. The van der Waals surface area contributed by atoms with Crippen LogP contribution < -0.4 is 4.74 Å². The van der Waals surface area contributed by atoms with Crippen LogP contribution in [0.5, 0.6) is 5.75 Å². The third-order valence-corrected chi connectivity index (χ3v) is 4.10. The Morgan fingerprint density at radius 1 is 1.18 bits per heavy atom. The molecule has 28 heavy (non-hydrogen) atoms. The van der Waals surface area contributed by atoms with Gasteiger partial charge in [-0.25, -0.2) is 9.78 Å². The summed E-state index contributed by atoms with van der Waals surface area (Å²) in [5.74, 6) is -0.207. The Morgan fingerprint density at radius 3 is 2.54 bits per heavy atom. The minimum Gasteiger partial charge on any atom is -0.497 e. The molecule has 0 unspecified atom stereocenters. The van der Waals surface area contributed by atoms with E-state index < -0.39 is 23.8 Å². The largest absolute Gasteiger partial charge is 0.497 e. The molecule has 0 radical (unpaired) electrons. The van der Waals surface area contributed by atoms with E-state index in [1.165, 1.54) is 19.2 Å². The van der Waals surface area contributed by atoms with Gasteiger partial charge < -0.3 is 14.0 Å². The molecular formula is C20H17F3N2O3. The van der Waals surface area contributed by atoms with Crippen molar-refractivity contribution in [2.75, 3.05) is 7.11 Å². The quantitative estimate of drug-likeness (QED) is 0.581. The maximum atomic E-state index is 12.9. The molecule has 0 aliphatic rings. The van der Waals surface area contributed by atoms with Crippen LogP contribution in [-0.4, -0.2) is 22.6 Å². The first-order valence-corrected chi connectivity index (χ1v) is 8.35. The predicted molar refractivity (Wildman–Crippen MR) is 94.8 cm³/mol. The lowest BCUT2D eigenvalue weighted by molar-refractivity contribution is -0.137. The molecule has 3 rings (SSSR count). The molecular weight excluding hydrogens is 373 g/mol. The van der Waals surface area contributed by atoms with Gasteiger partial charge in [-0.15, -0.1) is 0 Å². The highest BCUT2D eigenvalue weighted by molar-refractivity contribution is 5.89. The summed E-state index contributed by atoms with van der Waals surface area (Å²) in [6, 6.07) is 11.1. The van der Waals surface area contributed by atoms with E-state index in [0.717, 1.165) is 12.1 Å². The maximum absolute atomic E-state index is 12.9. The van der Waals surface area contributed by atoms with Gasteiger partial charge in [0.15, 0.2) is 0 Å². The van der Waals surface area contributed by atoms with Crippen LogP contribution in [0.25, 0.3) is 0 Å². The first-order chi connectivity index (χ1) is 13.4. The van der Waals surface area contributed by atoms with Crippen molar-refractivity contribution in [3.8, 4) is 5.75 Å².